The summed E-state index contributed by atoms with van der Waals surface area (Å²) in [6, 6.07) is 0.604. The van der Waals surface area contributed by atoms with Crippen LogP contribution in [0.25, 0.3) is 0 Å². The van der Waals surface area contributed by atoms with Gasteiger partial charge < -0.3 is 19.9 Å². The zero-order valence-corrected chi connectivity index (χ0v) is 15.3. The number of methoxy groups -OCH3 is 1. The molecule has 6 heteroatoms. The number of piperidine rings is 1. The highest BCUT2D eigenvalue weighted by atomic mass is 16.5. The largest absolute Gasteiger partial charge is 0.383 e. The SMILES string of the molecule is COCCN(C(=O)CCC(=O)NC1CCCC1)C1CCN(C)CC1. The molecule has 0 aromatic carbocycles. The topological polar surface area (TPSA) is 61.9 Å². The van der Waals surface area contributed by atoms with Gasteiger partial charge in [-0.2, -0.15) is 0 Å². The zero-order chi connectivity index (χ0) is 17.4. The van der Waals surface area contributed by atoms with E-state index in [1.807, 2.05) is 4.90 Å². The van der Waals surface area contributed by atoms with E-state index in [9.17, 15) is 9.59 Å². The molecular weight excluding hydrogens is 306 g/mol. The number of carbonyl (C=O) groups excluding carboxylic acids is 2. The molecule has 0 bridgehead atoms. The molecule has 1 heterocycles. The van der Waals surface area contributed by atoms with Gasteiger partial charge in [0.15, 0.2) is 0 Å². The maximum atomic E-state index is 12.6. The van der Waals surface area contributed by atoms with Crippen molar-refractivity contribution in [1.29, 1.82) is 0 Å². The summed E-state index contributed by atoms with van der Waals surface area (Å²) in [7, 11) is 3.78. The molecule has 2 fully saturated rings. The molecule has 1 saturated carbocycles. The van der Waals surface area contributed by atoms with Crippen LogP contribution in [0.5, 0.6) is 0 Å². The number of ether oxygens (including phenoxy) is 1. The van der Waals surface area contributed by atoms with Crippen LogP contribution in [-0.4, -0.2) is 74.1 Å². The van der Waals surface area contributed by atoms with Crippen LogP contribution in [0, 0.1) is 0 Å². The minimum atomic E-state index is 0.0188. The molecule has 0 aromatic rings. The minimum absolute atomic E-state index is 0.0188. The first-order chi connectivity index (χ1) is 11.6. The average Bonchev–Trinajstić information content (AvgIpc) is 3.07. The molecule has 1 saturated heterocycles. The van der Waals surface area contributed by atoms with Crippen molar-refractivity contribution in [2.75, 3.05) is 40.4 Å². The molecule has 138 valence electrons. The number of likely N-dealkylation sites (tertiary alicyclic amines) is 1. The standard InChI is InChI=1S/C18H33N3O3/c1-20-11-9-16(10-12-20)21(13-14-24-2)18(23)8-7-17(22)19-15-5-3-4-6-15/h15-16H,3-14H2,1-2H3,(H,19,22). The second-order valence-corrected chi connectivity index (χ2v) is 7.16. The van der Waals surface area contributed by atoms with Gasteiger partial charge in [-0.1, -0.05) is 12.8 Å². The van der Waals surface area contributed by atoms with Gasteiger partial charge in [-0.05, 0) is 45.8 Å². The van der Waals surface area contributed by atoms with E-state index < -0.39 is 0 Å². The maximum absolute atomic E-state index is 12.6. The molecule has 1 aliphatic carbocycles. The number of rotatable bonds is 8. The van der Waals surface area contributed by atoms with Gasteiger partial charge in [0.05, 0.1) is 6.61 Å². The van der Waals surface area contributed by atoms with Crippen LogP contribution < -0.4 is 5.32 Å². The van der Waals surface area contributed by atoms with E-state index in [1.165, 1.54) is 12.8 Å². The van der Waals surface area contributed by atoms with E-state index in [2.05, 4.69) is 17.3 Å². The van der Waals surface area contributed by atoms with Crippen LogP contribution in [0.1, 0.15) is 51.4 Å². The highest BCUT2D eigenvalue weighted by Crippen LogP contribution is 2.19. The lowest BCUT2D eigenvalue weighted by Gasteiger charge is -2.37. The molecular formula is C18H33N3O3. The Bertz CT molecular complexity index is 402. The Morgan fingerprint density at radius 2 is 1.79 bits per heavy atom. The monoisotopic (exact) mass is 339 g/mol. The molecule has 0 spiro atoms. The van der Waals surface area contributed by atoms with E-state index >= 15 is 0 Å². The maximum Gasteiger partial charge on any atom is 0.223 e. The van der Waals surface area contributed by atoms with Gasteiger partial charge in [0.2, 0.25) is 11.8 Å². The predicted molar refractivity (Wildman–Crippen MR) is 93.7 cm³/mol. The third-order valence-corrected chi connectivity index (χ3v) is 5.27. The molecule has 0 atom stereocenters. The molecule has 2 aliphatic rings. The van der Waals surface area contributed by atoms with Crippen LogP contribution in [-0.2, 0) is 14.3 Å². The molecule has 24 heavy (non-hydrogen) atoms. The predicted octanol–water partition coefficient (Wildman–Crippen LogP) is 1.39. The van der Waals surface area contributed by atoms with Crippen LogP contribution in [0.2, 0.25) is 0 Å². The van der Waals surface area contributed by atoms with E-state index in [4.69, 9.17) is 4.74 Å². The van der Waals surface area contributed by atoms with E-state index in [0.717, 1.165) is 38.8 Å². The molecule has 0 aromatic heterocycles. The first-order valence-corrected chi connectivity index (χ1v) is 9.36. The Morgan fingerprint density at radius 1 is 1.12 bits per heavy atom. The van der Waals surface area contributed by atoms with Crippen LogP contribution in [0.3, 0.4) is 0 Å². The third kappa shape index (κ3) is 6.06. The van der Waals surface area contributed by atoms with Gasteiger partial charge in [0.1, 0.15) is 0 Å². The van der Waals surface area contributed by atoms with Crippen molar-refractivity contribution in [3.63, 3.8) is 0 Å². The van der Waals surface area contributed by atoms with Crippen molar-refractivity contribution in [2.24, 2.45) is 0 Å². The Morgan fingerprint density at radius 3 is 2.42 bits per heavy atom. The van der Waals surface area contributed by atoms with Crippen LogP contribution in [0.15, 0.2) is 0 Å². The molecule has 2 amide bonds. The normalized spacial score (nSPS) is 20.2. The van der Waals surface area contributed by atoms with Crippen molar-refractivity contribution in [1.82, 2.24) is 15.1 Å². The fourth-order valence-corrected chi connectivity index (χ4v) is 3.74. The van der Waals surface area contributed by atoms with E-state index in [0.29, 0.717) is 32.0 Å². The fraction of sp³-hybridized carbons (Fsp3) is 0.889. The number of amides is 2. The second-order valence-electron chi connectivity index (χ2n) is 7.16. The van der Waals surface area contributed by atoms with Gasteiger partial charge >= 0.3 is 0 Å². The van der Waals surface area contributed by atoms with Crippen LogP contribution in [0.4, 0.5) is 0 Å². The number of hydrogen-bond acceptors (Lipinski definition) is 4. The summed E-state index contributed by atoms with van der Waals surface area (Å²) in [4.78, 5) is 28.9. The molecule has 1 N–H and O–H groups in total. The Labute approximate surface area is 145 Å². The van der Waals surface area contributed by atoms with Crippen molar-refractivity contribution >= 4 is 11.8 Å². The zero-order valence-electron chi connectivity index (χ0n) is 15.3. The molecule has 1 aliphatic heterocycles. The highest BCUT2D eigenvalue weighted by Gasteiger charge is 2.27. The molecule has 2 rings (SSSR count). The second kappa shape index (κ2) is 9.99. The minimum Gasteiger partial charge on any atom is -0.383 e. The third-order valence-electron chi connectivity index (χ3n) is 5.27. The molecule has 6 nitrogen and oxygen atoms in total. The number of nitrogens with one attached hydrogen (secondary N) is 1. The Hall–Kier alpha value is -1.14. The lowest BCUT2D eigenvalue weighted by molar-refractivity contribution is -0.137. The molecule has 0 radical (unpaired) electrons. The van der Waals surface area contributed by atoms with Crippen molar-refractivity contribution in [3.05, 3.63) is 0 Å². The van der Waals surface area contributed by atoms with Gasteiger partial charge in [-0.15, -0.1) is 0 Å². The highest BCUT2D eigenvalue weighted by molar-refractivity contribution is 5.84. The van der Waals surface area contributed by atoms with Gasteiger partial charge in [-0.3, -0.25) is 9.59 Å². The Balaban J connectivity index is 1.79. The summed E-state index contributed by atoms with van der Waals surface area (Å²) in [6.45, 7) is 3.20. The summed E-state index contributed by atoms with van der Waals surface area (Å²) in [5.41, 5.74) is 0. The fourth-order valence-electron chi connectivity index (χ4n) is 3.74. The van der Waals surface area contributed by atoms with Crippen LogP contribution >= 0.6 is 0 Å². The smallest absolute Gasteiger partial charge is 0.223 e. The van der Waals surface area contributed by atoms with E-state index in [1.54, 1.807) is 7.11 Å². The lowest BCUT2D eigenvalue weighted by atomic mass is 10.0. The average molecular weight is 339 g/mol. The molecule has 0 unspecified atom stereocenters. The van der Waals surface area contributed by atoms with Gasteiger partial charge in [-0.25, -0.2) is 0 Å². The first kappa shape index (κ1) is 19.2. The summed E-state index contributed by atoms with van der Waals surface area (Å²) >= 11 is 0. The van der Waals surface area contributed by atoms with Crippen molar-refractivity contribution in [2.45, 2.75) is 63.5 Å². The van der Waals surface area contributed by atoms with Crippen molar-refractivity contribution < 1.29 is 14.3 Å². The summed E-state index contributed by atoms with van der Waals surface area (Å²) < 4.78 is 5.17. The Kier molecular flexibility index (Phi) is 7.99. The van der Waals surface area contributed by atoms with Crippen molar-refractivity contribution in [3.8, 4) is 0 Å². The summed E-state index contributed by atoms with van der Waals surface area (Å²) in [5, 5.41) is 3.06. The first-order valence-electron chi connectivity index (χ1n) is 9.36. The number of nitrogens with zero attached hydrogens (tertiary/aromatic N) is 2. The van der Waals surface area contributed by atoms with E-state index in [-0.39, 0.29) is 17.9 Å². The lowest BCUT2D eigenvalue weighted by Crippen LogP contribution is -2.48. The quantitative estimate of drug-likeness (QED) is 0.726. The summed E-state index contributed by atoms with van der Waals surface area (Å²) in [5.74, 6) is 0.105. The number of carbonyl (C=O) groups is 2. The number of hydrogen-bond donors (Lipinski definition) is 1. The van der Waals surface area contributed by atoms with Gasteiger partial charge in [0.25, 0.3) is 0 Å². The van der Waals surface area contributed by atoms with Gasteiger partial charge in [0, 0.05) is 38.6 Å². The summed E-state index contributed by atoms with van der Waals surface area (Å²) in [6.07, 6.45) is 7.15.